The van der Waals surface area contributed by atoms with E-state index in [1.54, 1.807) is 0 Å². The molecule has 2 heterocycles. The number of aliphatic hydroxyl groups is 2. The van der Waals surface area contributed by atoms with Crippen molar-refractivity contribution in [2.45, 2.75) is 31.0 Å². The maximum Gasteiger partial charge on any atom is 0.341 e. The van der Waals surface area contributed by atoms with Gasteiger partial charge in [0.05, 0.1) is 12.3 Å². The predicted octanol–water partition coefficient (Wildman–Crippen LogP) is -1.28. The minimum atomic E-state index is -1.40. The van der Waals surface area contributed by atoms with Gasteiger partial charge in [0.1, 0.15) is 12.2 Å². The molecule has 11 heteroatoms. The van der Waals surface area contributed by atoms with Crippen molar-refractivity contribution in [3.05, 3.63) is 27.0 Å². The first kappa shape index (κ1) is 20.4. The molecule has 0 saturated carbocycles. The van der Waals surface area contributed by atoms with Crippen LogP contribution in [0.1, 0.15) is 12.6 Å². The molecule has 0 aromatic carbocycles. The zero-order valence-electron chi connectivity index (χ0n) is 14.5. The zero-order valence-corrected chi connectivity index (χ0v) is 15.4. The Hall–Kier alpha value is -1.87. The largest absolute Gasteiger partial charge is 0.479 e. The molecule has 0 spiro atoms. The quantitative estimate of drug-likeness (QED) is 0.420. The van der Waals surface area contributed by atoms with E-state index in [0.717, 1.165) is 16.9 Å². The highest BCUT2D eigenvalue weighted by molar-refractivity contribution is 7.72. The fourth-order valence-corrected chi connectivity index (χ4v) is 3.53. The zero-order chi connectivity index (χ0) is 19.6. The molecule has 10 nitrogen and oxygen atoms in total. The van der Waals surface area contributed by atoms with Crippen LogP contribution >= 0.6 is 6.89 Å². The maximum absolute atomic E-state index is 12.1. The van der Waals surface area contributed by atoms with Crippen LogP contribution in [0.25, 0.3) is 0 Å². The van der Waals surface area contributed by atoms with Crippen molar-refractivity contribution < 1.29 is 29.6 Å². The van der Waals surface area contributed by atoms with Gasteiger partial charge in [0, 0.05) is 0 Å². The Labute approximate surface area is 149 Å². The SMILES string of the molecule is C=P(C)(C)CC[C@H]1OC(n2cc(OCC(=O)O)c(=O)[nH]c2=O)[C@H](O)[C@@H]1O. The van der Waals surface area contributed by atoms with E-state index >= 15 is 0 Å². The fourth-order valence-electron chi connectivity index (χ4n) is 2.57. The number of rotatable bonds is 7. The van der Waals surface area contributed by atoms with Crippen molar-refractivity contribution in [1.82, 2.24) is 9.55 Å². The summed E-state index contributed by atoms with van der Waals surface area (Å²) in [6.45, 7) is 1.92. The number of carboxylic acid groups (broad SMARTS) is 1. The summed E-state index contributed by atoms with van der Waals surface area (Å²) in [4.78, 5) is 36.3. The molecule has 0 radical (unpaired) electrons. The third-order valence-corrected chi connectivity index (χ3v) is 5.39. The number of carboxylic acids is 1. The van der Waals surface area contributed by atoms with Crippen molar-refractivity contribution in [2.75, 3.05) is 26.1 Å². The minimum Gasteiger partial charge on any atom is -0.479 e. The van der Waals surface area contributed by atoms with E-state index in [2.05, 4.69) is 6.30 Å². The summed E-state index contributed by atoms with van der Waals surface area (Å²) in [6.07, 6.45) is 1.67. The van der Waals surface area contributed by atoms with Gasteiger partial charge < -0.3 is 24.8 Å². The van der Waals surface area contributed by atoms with E-state index in [9.17, 15) is 24.6 Å². The van der Waals surface area contributed by atoms with Gasteiger partial charge in [-0.1, -0.05) is 0 Å². The van der Waals surface area contributed by atoms with E-state index in [4.69, 9.17) is 14.6 Å². The molecule has 0 amide bonds. The molecular formula is C15H23N2O8P. The highest BCUT2D eigenvalue weighted by Crippen LogP contribution is 2.39. The molecule has 1 aromatic rings. The number of hydrogen-bond donors (Lipinski definition) is 4. The Balaban J connectivity index is 2.25. The average Bonchev–Trinajstić information content (AvgIpc) is 2.79. The molecule has 2 rings (SSSR count). The molecule has 1 aliphatic rings. The van der Waals surface area contributed by atoms with Crippen molar-refractivity contribution >= 4 is 19.2 Å². The number of aliphatic hydroxyl groups excluding tert-OH is 2. The average molecular weight is 390 g/mol. The van der Waals surface area contributed by atoms with Crippen LogP contribution in [-0.4, -0.2) is 81.5 Å². The van der Waals surface area contributed by atoms with Gasteiger partial charge in [-0.15, -0.1) is 13.2 Å². The summed E-state index contributed by atoms with van der Waals surface area (Å²) >= 11 is 0. The van der Waals surface area contributed by atoms with E-state index in [0.29, 0.717) is 6.42 Å². The highest BCUT2D eigenvalue weighted by atomic mass is 31.2. The molecule has 146 valence electrons. The first-order valence-electron chi connectivity index (χ1n) is 7.88. The second kappa shape index (κ2) is 7.79. The lowest BCUT2D eigenvalue weighted by molar-refractivity contribution is -0.139. The molecule has 1 unspecified atom stereocenters. The molecule has 26 heavy (non-hydrogen) atoms. The summed E-state index contributed by atoms with van der Waals surface area (Å²) in [5, 5.41) is 29.1. The smallest absolute Gasteiger partial charge is 0.341 e. The lowest BCUT2D eigenvalue weighted by atomic mass is 10.1. The number of nitrogens with zero attached hydrogens (tertiary/aromatic N) is 1. The summed E-state index contributed by atoms with van der Waals surface area (Å²) in [5.41, 5.74) is -1.78. The molecule has 0 aliphatic carbocycles. The van der Waals surface area contributed by atoms with Gasteiger partial charge in [-0.05, 0) is 25.9 Å². The van der Waals surface area contributed by atoms with Crippen molar-refractivity contribution in [2.24, 2.45) is 0 Å². The van der Waals surface area contributed by atoms with Gasteiger partial charge in [-0.2, -0.15) is 0 Å². The Kier molecular flexibility index (Phi) is 6.13. The van der Waals surface area contributed by atoms with Gasteiger partial charge in [0.25, 0.3) is 5.56 Å². The third kappa shape index (κ3) is 4.85. The number of hydrogen-bond acceptors (Lipinski definition) is 7. The van der Waals surface area contributed by atoms with Crippen molar-refractivity contribution in [3.63, 3.8) is 0 Å². The van der Waals surface area contributed by atoms with Crippen molar-refractivity contribution in [1.29, 1.82) is 0 Å². The molecule has 0 bridgehead atoms. The molecule has 4 atom stereocenters. The second-order valence-corrected chi connectivity index (χ2v) is 11.2. The van der Waals surface area contributed by atoms with Crippen LogP contribution in [0.2, 0.25) is 0 Å². The standard InChI is InChI=1S/C15H23N2O8P/c1-26(2,3)5-4-8-11(20)12(21)14(25-8)17-6-9(24-7-10(18)19)13(22)16-15(17)23/h6,8,11-12,14,20-21H,1,4-5,7H2,2-3H3,(H,18,19)(H,16,22,23)/t8-,11-,12-,14?/m1/s1. The Bertz CT molecular complexity index is 826. The summed E-state index contributed by atoms with van der Waals surface area (Å²) < 4.78 is 11.3. The predicted molar refractivity (Wildman–Crippen MR) is 95.8 cm³/mol. The number of aliphatic carboxylic acids is 1. The van der Waals surface area contributed by atoms with Crippen LogP contribution in [0, 0.1) is 0 Å². The van der Waals surface area contributed by atoms with Crippen LogP contribution < -0.4 is 16.0 Å². The van der Waals surface area contributed by atoms with Gasteiger partial charge in [-0.3, -0.25) is 14.3 Å². The second-order valence-electron chi connectivity index (χ2n) is 6.84. The monoisotopic (exact) mass is 390 g/mol. The first-order chi connectivity index (χ1) is 12.0. The molecular weight excluding hydrogens is 367 g/mol. The molecule has 4 N–H and O–H groups in total. The molecule has 1 aromatic heterocycles. The number of H-pyrrole nitrogens is 1. The number of aromatic amines is 1. The lowest BCUT2D eigenvalue weighted by Gasteiger charge is -2.19. The number of carbonyl (C=O) groups is 1. The topological polar surface area (TPSA) is 151 Å². The van der Waals surface area contributed by atoms with E-state index in [1.165, 1.54) is 0 Å². The summed E-state index contributed by atoms with van der Waals surface area (Å²) in [5.74, 6) is -1.71. The normalized spacial score (nSPS) is 26.0. The lowest BCUT2D eigenvalue weighted by Crippen LogP contribution is -2.38. The van der Waals surface area contributed by atoms with Crippen LogP contribution in [0.4, 0.5) is 0 Å². The Morgan fingerprint density at radius 2 is 2.04 bits per heavy atom. The third-order valence-electron chi connectivity index (χ3n) is 3.92. The minimum absolute atomic E-state index is 0.412. The molecule has 1 aliphatic heterocycles. The van der Waals surface area contributed by atoms with Crippen molar-refractivity contribution in [3.8, 4) is 5.75 Å². The van der Waals surface area contributed by atoms with Gasteiger partial charge in [0.15, 0.2) is 12.8 Å². The van der Waals surface area contributed by atoms with E-state index < -0.39 is 61.0 Å². The van der Waals surface area contributed by atoms with Crippen LogP contribution in [0.5, 0.6) is 5.75 Å². The molecule has 1 saturated heterocycles. The maximum atomic E-state index is 12.1. The summed E-state index contributed by atoms with van der Waals surface area (Å²) in [6, 6.07) is 0. The van der Waals surface area contributed by atoms with E-state index in [-0.39, 0.29) is 0 Å². The Morgan fingerprint density at radius 1 is 1.38 bits per heavy atom. The number of aromatic nitrogens is 2. The highest BCUT2D eigenvalue weighted by Gasteiger charge is 2.44. The van der Waals surface area contributed by atoms with Gasteiger partial charge in [-0.25, -0.2) is 9.59 Å². The first-order valence-corrected chi connectivity index (χ1v) is 10.9. The van der Waals surface area contributed by atoms with Gasteiger partial charge >= 0.3 is 11.7 Å². The van der Waals surface area contributed by atoms with Gasteiger partial charge in [0.2, 0.25) is 5.75 Å². The fraction of sp³-hybridized carbons (Fsp3) is 0.600. The summed E-state index contributed by atoms with van der Waals surface area (Å²) in [7, 11) is 0. The number of ether oxygens (including phenoxy) is 2. The van der Waals surface area contributed by atoms with Crippen LogP contribution in [0.15, 0.2) is 15.8 Å². The van der Waals surface area contributed by atoms with Crippen LogP contribution in [-0.2, 0) is 9.53 Å². The van der Waals surface area contributed by atoms with Crippen LogP contribution in [0.3, 0.4) is 0 Å². The molecule has 1 fully saturated rings. The van der Waals surface area contributed by atoms with E-state index in [1.807, 2.05) is 18.3 Å². The Morgan fingerprint density at radius 3 is 2.62 bits per heavy atom. The number of nitrogens with one attached hydrogen (secondary N) is 1.